The third kappa shape index (κ3) is 4.18. The Kier molecular flexibility index (Phi) is 5.09. The Balaban J connectivity index is 1.65. The molecule has 1 saturated heterocycles. The van der Waals surface area contributed by atoms with E-state index < -0.39 is 9.84 Å². The first-order valence-electron chi connectivity index (χ1n) is 7.83. The number of nitrogens with zero attached hydrogens (tertiary/aromatic N) is 4. The molecule has 0 saturated carbocycles. The Morgan fingerprint density at radius 3 is 2.72 bits per heavy atom. The van der Waals surface area contributed by atoms with Gasteiger partial charge in [-0.25, -0.2) is 8.42 Å². The van der Waals surface area contributed by atoms with Gasteiger partial charge in [0, 0.05) is 6.04 Å². The molecule has 1 aromatic heterocycles. The number of tetrazole rings is 1. The number of rotatable bonds is 5. The van der Waals surface area contributed by atoms with Crippen LogP contribution in [0.1, 0.15) is 17.5 Å². The van der Waals surface area contributed by atoms with Gasteiger partial charge in [-0.1, -0.05) is 30.0 Å². The van der Waals surface area contributed by atoms with Crippen molar-refractivity contribution in [3.05, 3.63) is 29.3 Å². The van der Waals surface area contributed by atoms with E-state index in [0.29, 0.717) is 11.6 Å². The van der Waals surface area contributed by atoms with E-state index in [1.165, 1.54) is 11.8 Å². The predicted molar refractivity (Wildman–Crippen MR) is 94.6 cm³/mol. The maximum atomic E-state index is 12.1. The fourth-order valence-electron chi connectivity index (χ4n) is 2.86. The average Bonchev–Trinajstić information content (AvgIpc) is 3.11. The van der Waals surface area contributed by atoms with Crippen LogP contribution in [-0.4, -0.2) is 57.8 Å². The fourth-order valence-corrected chi connectivity index (χ4v) is 5.22. The molecule has 0 aliphatic carbocycles. The molecule has 1 amide bonds. The molecule has 1 N–H and O–H groups in total. The zero-order valence-electron chi connectivity index (χ0n) is 14.0. The van der Waals surface area contributed by atoms with Crippen LogP contribution in [0.2, 0.25) is 0 Å². The van der Waals surface area contributed by atoms with E-state index in [1.54, 1.807) is 4.68 Å². The summed E-state index contributed by atoms with van der Waals surface area (Å²) in [6.45, 7) is 3.96. The van der Waals surface area contributed by atoms with Gasteiger partial charge in [0.1, 0.15) is 0 Å². The molecule has 2 heterocycles. The number of hydrogen-bond acceptors (Lipinski definition) is 7. The number of nitrogens with one attached hydrogen (secondary N) is 1. The second-order valence-electron chi connectivity index (χ2n) is 6.07. The van der Waals surface area contributed by atoms with Crippen LogP contribution in [0.3, 0.4) is 0 Å². The molecule has 1 aliphatic rings. The van der Waals surface area contributed by atoms with Crippen molar-refractivity contribution < 1.29 is 13.2 Å². The van der Waals surface area contributed by atoms with Crippen molar-refractivity contribution in [2.24, 2.45) is 0 Å². The SMILES string of the molecule is Cc1cccc(C)c1-n1nnnc1SCC(=O)N[C@H]1CCS(=O)(=O)C1. The quantitative estimate of drug-likeness (QED) is 0.759. The van der Waals surface area contributed by atoms with Crippen LogP contribution in [0.25, 0.3) is 5.69 Å². The van der Waals surface area contributed by atoms with Gasteiger partial charge in [0.25, 0.3) is 0 Å². The van der Waals surface area contributed by atoms with Crippen LogP contribution in [0.15, 0.2) is 23.4 Å². The predicted octanol–water partition coefficient (Wildman–Crippen LogP) is 0.675. The first kappa shape index (κ1) is 17.9. The number of benzene rings is 1. The van der Waals surface area contributed by atoms with Gasteiger partial charge < -0.3 is 5.32 Å². The average molecular weight is 381 g/mol. The van der Waals surface area contributed by atoms with Gasteiger partial charge >= 0.3 is 0 Å². The second kappa shape index (κ2) is 7.12. The fraction of sp³-hybridized carbons (Fsp3) is 0.467. The monoisotopic (exact) mass is 381 g/mol. The van der Waals surface area contributed by atoms with E-state index in [9.17, 15) is 13.2 Å². The first-order valence-corrected chi connectivity index (χ1v) is 10.6. The molecule has 1 atom stereocenters. The highest BCUT2D eigenvalue weighted by atomic mass is 32.2. The van der Waals surface area contributed by atoms with Gasteiger partial charge in [-0.2, -0.15) is 4.68 Å². The molecule has 10 heteroatoms. The van der Waals surface area contributed by atoms with Crippen molar-refractivity contribution in [1.82, 2.24) is 25.5 Å². The Morgan fingerprint density at radius 1 is 1.36 bits per heavy atom. The molecule has 1 aliphatic heterocycles. The Hall–Kier alpha value is -1.94. The summed E-state index contributed by atoms with van der Waals surface area (Å²) in [6.07, 6.45) is 0.471. The third-order valence-corrected chi connectivity index (χ3v) is 6.71. The Bertz CT molecular complexity index is 874. The molecule has 8 nitrogen and oxygen atoms in total. The van der Waals surface area contributed by atoms with Crippen molar-refractivity contribution in [2.75, 3.05) is 17.3 Å². The van der Waals surface area contributed by atoms with Gasteiger partial charge in [0.15, 0.2) is 9.84 Å². The number of hydrogen-bond donors (Lipinski definition) is 1. The van der Waals surface area contributed by atoms with Crippen LogP contribution in [0.5, 0.6) is 0 Å². The molecule has 1 fully saturated rings. The van der Waals surface area contributed by atoms with E-state index >= 15 is 0 Å². The maximum absolute atomic E-state index is 12.1. The summed E-state index contributed by atoms with van der Waals surface area (Å²) in [7, 11) is -3.01. The van der Waals surface area contributed by atoms with Gasteiger partial charge in [0.2, 0.25) is 11.1 Å². The van der Waals surface area contributed by atoms with Crippen LogP contribution in [-0.2, 0) is 14.6 Å². The molecule has 3 rings (SSSR count). The van der Waals surface area contributed by atoms with E-state index in [2.05, 4.69) is 20.8 Å². The number of para-hydroxylation sites is 1. The van der Waals surface area contributed by atoms with E-state index in [1.807, 2.05) is 32.0 Å². The molecule has 0 spiro atoms. The largest absolute Gasteiger partial charge is 0.352 e. The summed E-state index contributed by atoms with van der Waals surface area (Å²) in [4.78, 5) is 12.1. The van der Waals surface area contributed by atoms with Crippen molar-refractivity contribution >= 4 is 27.5 Å². The van der Waals surface area contributed by atoms with Crippen molar-refractivity contribution in [2.45, 2.75) is 31.5 Å². The lowest BCUT2D eigenvalue weighted by atomic mass is 10.1. The normalized spacial score (nSPS) is 19.0. The summed E-state index contributed by atoms with van der Waals surface area (Å²) in [6, 6.07) is 5.62. The van der Waals surface area contributed by atoms with Crippen LogP contribution >= 0.6 is 11.8 Å². The van der Waals surface area contributed by atoms with Gasteiger partial charge in [-0.3, -0.25) is 4.79 Å². The molecule has 0 radical (unpaired) electrons. The summed E-state index contributed by atoms with van der Waals surface area (Å²) in [5, 5.41) is 15.0. The van der Waals surface area contributed by atoms with Gasteiger partial charge in [-0.05, 0) is 41.8 Å². The summed E-state index contributed by atoms with van der Waals surface area (Å²) < 4.78 is 24.5. The standard InChI is InChI=1S/C15H19N5O3S2/c1-10-4-3-5-11(2)14(10)20-15(17-18-19-20)24-8-13(21)16-12-6-7-25(22,23)9-12/h3-5,12H,6-9H2,1-2H3,(H,16,21)/t12-/m0/s1. The van der Waals surface area contributed by atoms with Crippen LogP contribution in [0.4, 0.5) is 0 Å². The van der Waals surface area contributed by atoms with E-state index in [4.69, 9.17) is 0 Å². The topological polar surface area (TPSA) is 107 Å². The highest BCUT2D eigenvalue weighted by molar-refractivity contribution is 7.99. The second-order valence-corrected chi connectivity index (χ2v) is 9.24. The van der Waals surface area contributed by atoms with Crippen molar-refractivity contribution in [3.63, 3.8) is 0 Å². The molecule has 1 aromatic carbocycles. The molecule has 25 heavy (non-hydrogen) atoms. The van der Waals surface area contributed by atoms with E-state index in [-0.39, 0.29) is 29.2 Å². The number of sulfone groups is 1. The van der Waals surface area contributed by atoms with Gasteiger partial charge in [-0.15, -0.1) is 5.10 Å². The lowest BCUT2D eigenvalue weighted by Crippen LogP contribution is -2.36. The van der Waals surface area contributed by atoms with Crippen molar-refractivity contribution in [1.29, 1.82) is 0 Å². The molecule has 134 valence electrons. The highest BCUT2D eigenvalue weighted by Crippen LogP contribution is 2.23. The molecule has 0 unspecified atom stereocenters. The molecular weight excluding hydrogens is 362 g/mol. The minimum atomic E-state index is -3.01. The van der Waals surface area contributed by atoms with Gasteiger partial charge in [0.05, 0.1) is 22.9 Å². The van der Waals surface area contributed by atoms with Crippen LogP contribution in [0, 0.1) is 13.8 Å². The molecular formula is C15H19N5O3S2. The zero-order chi connectivity index (χ0) is 18.0. The smallest absolute Gasteiger partial charge is 0.230 e. The first-order chi connectivity index (χ1) is 11.9. The molecule has 0 bridgehead atoms. The van der Waals surface area contributed by atoms with Crippen LogP contribution < -0.4 is 5.32 Å². The zero-order valence-corrected chi connectivity index (χ0v) is 15.6. The Labute approximate surface area is 150 Å². The number of thioether (sulfide) groups is 1. The number of amides is 1. The Morgan fingerprint density at radius 2 is 2.08 bits per heavy atom. The maximum Gasteiger partial charge on any atom is 0.230 e. The minimum Gasteiger partial charge on any atom is -0.352 e. The third-order valence-electron chi connectivity index (χ3n) is 4.02. The summed E-state index contributed by atoms with van der Waals surface area (Å²) >= 11 is 1.22. The number of carbonyl (C=O) groups is 1. The summed E-state index contributed by atoms with van der Waals surface area (Å²) in [5.74, 6) is 0.0598. The number of aromatic nitrogens is 4. The lowest BCUT2D eigenvalue weighted by molar-refractivity contribution is -0.119. The van der Waals surface area contributed by atoms with Crippen molar-refractivity contribution in [3.8, 4) is 5.69 Å². The lowest BCUT2D eigenvalue weighted by Gasteiger charge is -2.12. The summed E-state index contributed by atoms with van der Waals surface area (Å²) in [5.41, 5.74) is 2.97. The number of carbonyl (C=O) groups excluding carboxylic acids is 1. The highest BCUT2D eigenvalue weighted by Gasteiger charge is 2.29. The molecule has 2 aromatic rings. The van der Waals surface area contributed by atoms with E-state index in [0.717, 1.165) is 16.8 Å². The minimum absolute atomic E-state index is 0.0174. The number of aryl methyl sites for hydroxylation is 2.